The molecule has 2 nitrogen and oxygen atoms in total. The van der Waals surface area contributed by atoms with Crippen molar-refractivity contribution < 1.29 is 9.90 Å². The van der Waals surface area contributed by atoms with Crippen molar-refractivity contribution >= 4 is 5.97 Å². The Morgan fingerprint density at radius 3 is 1.42 bits per heavy atom. The van der Waals surface area contributed by atoms with Gasteiger partial charge in [0.05, 0.1) is 0 Å². The lowest BCUT2D eigenvalue weighted by atomic mass is 10.0. The van der Waals surface area contributed by atoms with Crippen LogP contribution in [0.2, 0.25) is 0 Å². The molecule has 1 N–H and O–H groups in total. The van der Waals surface area contributed by atoms with Gasteiger partial charge in [0.15, 0.2) is 0 Å². The molecule has 0 radical (unpaired) electrons. The number of carbonyl (C=O) groups is 1. The van der Waals surface area contributed by atoms with E-state index in [-0.39, 0.29) is 0 Å². The third kappa shape index (κ3) is 21.2. The van der Waals surface area contributed by atoms with Crippen LogP contribution in [0.1, 0.15) is 122 Å². The quantitative estimate of drug-likeness (QED) is 0.194. The molecular formula is C22H42O2. The van der Waals surface area contributed by atoms with Gasteiger partial charge in [0.1, 0.15) is 0 Å². The predicted octanol–water partition coefficient (Wildman–Crippen LogP) is 7.67. The molecule has 0 fully saturated rings. The van der Waals surface area contributed by atoms with Gasteiger partial charge in [-0.1, -0.05) is 103 Å². The fraction of sp³-hybridized carbons (Fsp3) is 0.864. The van der Waals surface area contributed by atoms with E-state index in [1.807, 2.05) is 0 Å². The molecule has 2 heteroatoms. The molecule has 0 unspecified atom stereocenters. The molecule has 0 aromatic carbocycles. The molecule has 0 amide bonds. The lowest BCUT2D eigenvalue weighted by Crippen LogP contribution is -1.93. The molecule has 142 valence electrons. The highest BCUT2D eigenvalue weighted by Crippen LogP contribution is 2.13. The Morgan fingerprint density at radius 2 is 1.00 bits per heavy atom. The van der Waals surface area contributed by atoms with Gasteiger partial charge in [-0.25, -0.2) is 0 Å². The van der Waals surface area contributed by atoms with Gasteiger partial charge in [-0.3, -0.25) is 4.79 Å². The van der Waals surface area contributed by atoms with Crippen molar-refractivity contribution in [3.05, 3.63) is 12.2 Å². The number of carboxylic acids is 1. The summed E-state index contributed by atoms with van der Waals surface area (Å²) in [4.78, 5) is 10.4. The molecule has 0 aromatic rings. The normalized spacial score (nSPS) is 11.4. The summed E-state index contributed by atoms with van der Waals surface area (Å²) in [5.74, 6) is -0.654. The van der Waals surface area contributed by atoms with Crippen LogP contribution in [0.25, 0.3) is 0 Å². The summed E-state index contributed by atoms with van der Waals surface area (Å²) < 4.78 is 0. The van der Waals surface area contributed by atoms with Gasteiger partial charge in [0.2, 0.25) is 0 Å². The maximum Gasteiger partial charge on any atom is 0.303 e. The van der Waals surface area contributed by atoms with E-state index < -0.39 is 5.97 Å². The van der Waals surface area contributed by atoms with E-state index in [1.54, 1.807) is 0 Å². The second-order valence-corrected chi connectivity index (χ2v) is 7.14. The van der Waals surface area contributed by atoms with Crippen LogP contribution >= 0.6 is 0 Å². The third-order valence-corrected chi connectivity index (χ3v) is 4.65. The number of hydrogen-bond donors (Lipinski definition) is 1. The second-order valence-electron chi connectivity index (χ2n) is 7.14. The summed E-state index contributed by atoms with van der Waals surface area (Å²) in [6.45, 7) is 2.25. The molecule has 24 heavy (non-hydrogen) atoms. The Kier molecular flexibility index (Phi) is 19.6. The van der Waals surface area contributed by atoms with Crippen molar-refractivity contribution in [1.29, 1.82) is 0 Å². The Labute approximate surface area is 151 Å². The summed E-state index contributed by atoms with van der Waals surface area (Å²) in [7, 11) is 0. The van der Waals surface area contributed by atoms with E-state index >= 15 is 0 Å². The van der Waals surface area contributed by atoms with Crippen LogP contribution in [0.5, 0.6) is 0 Å². The van der Waals surface area contributed by atoms with Crippen LogP contribution in [0.4, 0.5) is 0 Å². The Bertz CT molecular complexity index is 284. The lowest BCUT2D eigenvalue weighted by Gasteiger charge is -2.03. The highest BCUT2D eigenvalue weighted by molar-refractivity contribution is 5.66. The van der Waals surface area contributed by atoms with Gasteiger partial charge < -0.3 is 5.11 Å². The zero-order valence-electron chi connectivity index (χ0n) is 16.2. The van der Waals surface area contributed by atoms with Crippen molar-refractivity contribution in [2.75, 3.05) is 0 Å². The Balaban J connectivity index is 3.02. The smallest absolute Gasteiger partial charge is 0.303 e. The van der Waals surface area contributed by atoms with Crippen LogP contribution in [-0.2, 0) is 4.79 Å². The van der Waals surface area contributed by atoms with Gasteiger partial charge in [-0.05, 0) is 25.7 Å². The molecule has 0 aliphatic rings. The molecule has 0 saturated heterocycles. The molecule has 0 aliphatic carbocycles. The van der Waals surface area contributed by atoms with Crippen LogP contribution in [0.15, 0.2) is 12.2 Å². The lowest BCUT2D eigenvalue weighted by molar-refractivity contribution is -0.137. The van der Waals surface area contributed by atoms with E-state index in [0.29, 0.717) is 6.42 Å². The zero-order valence-corrected chi connectivity index (χ0v) is 16.2. The fourth-order valence-electron chi connectivity index (χ4n) is 3.04. The fourth-order valence-corrected chi connectivity index (χ4v) is 3.04. The van der Waals surface area contributed by atoms with E-state index in [0.717, 1.165) is 12.8 Å². The minimum Gasteiger partial charge on any atom is -0.481 e. The van der Waals surface area contributed by atoms with Crippen molar-refractivity contribution in [2.24, 2.45) is 0 Å². The molecule has 0 aliphatic heterocycles. The van der Waals surface area contributed by atoms with Crippen molar-refractivity contribution in [2.45, 2.75) is 122 Å². The van der Waals surface area contributed by atoms with E-state index in [4.69, 9.17) is 5.11 Å². The molecule has 0 aromatic heterocycles. The standard InChI is InChI=1S/C22H42O2/c1-2-3-4-5-6-7-8-9-10-11-12-13-14-15-16-17-18-19-20-21-22(23)24/h5-6H,2-4,7-21H2,1H3,(H,23,24)/b6-5+. The maximum atomic E-state index is 10.4. The van der Waals surface area contributed by atoms with Crippen molar-refractivity contribution in [3.63, 3.8) is 0 Å². The summed E-state index contributed by atoms with van der Waals surface area (Å²) in [5, 5.41) is 8.55. The van der Waals surface area contributed by atoms with Crippen molar-refractivity contribution in [1.82, 2.24) is 0 Å². The first-order valence-electron chi connectivity index (χ1n) is 10.6. The molecule has 0 rings (SSSR count). The summed E-state index contributed by atoms with van der Waals surface area (Å²) in [6.07, 6.45) is 27.1. The average Bonchev–Trinajstić information content (AvgIpc) is 2.56. The van der Waals surface area contributed by atoms with E-state index in [1.165, 1.54) is 96.3 Å². The van der Waals surface area contributed by atoms with Crippen LogP contribution < -0.4 is 0 Å². The largest absolute Gasteiger partial charge is 0.481 e. The summed E-state index contributed by atoms with van der Waals surface area (Å²) in [6, 6.07) is 0. The molecule has 0 saturated carbocycles. The SMILES string of the molecule is CCCC/C=C/CCCCCCCCCCCCCCCC(=O)O. The summed E-state index contributed by atoms with van der Waals surface area (Å²) >= 11 is 0. The number of hydrogen-bond acceptors (Lipinski definition) is 1. The number of allylic oxidation sites excluding steroid dienone is 2. The second kappa shape index (κ2) is 20.3. The first-order chi connectivity index (χ1) is 11.8. The number of unbranched alkanes of at least 4 members (excludes halogenated alkanes) is 15. The van der Waals surface area contributed by atoms with Crippen LogP contribution in [0, 0.1) is 0 Å². The average molecular weight is 339 g/mol. The minimum atomic E-state index is -0.654. The highest BCUT2D eigenvalue weighted by atomic mass is 16.4. The predicted molar refractivity (Wildman–Crippen MR) is 106 cm³/mol. The molecular weight excluding hydrogens is 296 g/mol. The highest BCUT2D eigenvalue weighted by Gasteiger charge is 1.97. The number of carboxylic acid groups (broad SMARTS) is 1. The molecule has 0 spiro atoms. The van der Waals surface area contributed by atoms with Gasteiger partial charge >= 0.3 is 5.97 Å². The van der Waals surface area contributed by atoms with Crippen LogP contribution in [-0.4, -0.2) is 11.1 Å². The third-order valence-electron chi connectivity index (χ3n) is 4.65. The first-order valence-corrected chi connectivity index (χ1v) is 10.6. The van der Waals surface area contributed by atoms with Crippen LogP contribution in [0.3, 0.4) is 0 Å². The van der Waals surface area contributed by atoms with Gasteiger partial charge in [-0.2, -0.15) is 0 Å². The first kappa shape index (κ1) is 23.2. The van der Waals surface area contributed by atoms with E-state index in [2.05, 4.69) is 19.1 Å². The Hall–Kier alpha value is -0.790. The van der Waals surface area contributed by atoms with E-state index in [9.17, 15) is 4.79 Å². The monoisotopic (exact) mass is 338 g/mol. The maximum absolute atomic E-state index is 10.4. The zero-order chi connectivity index (χ0) is 17.7. The number of rotatable bonds is 19. The minimum absolute atomic E-state index is 0.342. The molecule has 0 atom stereocenters. The van der Waals surface area contributed by atoms with Gasteiger partial charge in [0.25, 0.3) is 0 Å². The molecule has 0 bridgehead atoms. The molecule has 0 heterocycles. The van der Waals surface area contributed by atoms with Gasteiger partial charge in [0, 0.05) is 6.42 Å². The topological polar surface area (TPSA) is 37.3 Å². The van der Waals surface area contributed by atoms with Gasteiger partial charge in [-0.15, -0.1) is 0 Å². The number of aliphatic carboxylic acids is 1. The summed E-state index contributed by atoms with van der Waals surface area (Å²) in [5.41, 5.74) is 0. The Morgan fingerprint density at radius 1 is 0.625 bits per heavy atom. The van der Waals surface area contributed by atoms with Crippen molar-refractivity contribution in [3.8, 4) is 0 Å².